The fourth-order valence-corrected chi connectivity index (χ4v) is 2.66. The van der Waals surface area contributed by atoms with Crippen molar-refractivity contribution >= 4 is 11.7 Å². The lowest BCUT2D eigenvalue weighted by Crippen LogP contribution is -2.26. The Balaban J connectivity index is 1.86. The highest BCUT2D eigenvalue weighted by molar-refractivity contribution is 5.92. The van der Waals surface area contributed by atoms with Gasteiger partial charge in [0.05, 0.1) is 7.11 Å². The van der Waals surface area contributed by atoms with Gasteiger partial charge in [-0.3, -0.25) is 4.79 Å². The Morgan fingerprint density at radius 3 is 2.52 bits per heavy atom. The number of nitrogens with zero attached hydrogens (tertiary/aromatic N) is 3. The summed E-state index contributed by atoms with van der Waals surface area (Å²) in [6.45, 7) is 1.02. The van der Waals surface area contributed by atoms with Crippen LogP contribution in [0.25, 0.3) is 0 Å². The molecule has 7 heteroatoms. The van der Waals surface area contributed by atoms with E-state index >= 15 is 0 Å². The van der Waals surface area contributed by atoms with Gasteiger partial charge in [-0.2, -0.15) is 4.98 Å². The van der Waals surface area contributed by atoms with Crippen molar-refractivity contribution in [3.8, 4) is 5.88 Å². The normalized spacial score (nSPS) is 13.5. The smallest absolute Gasteiger partial charge is 0.248 e. The zero-order valence-corrected chi connectivity index (χ0v) is 14.4. The number of hydrogen-bond acceptors (Lipinski definition) is 6. The van der Waals surface area contributed by atoms with Crippen LogP contribution < -0.4 is 15.4 Å². The minimum Gasteiger partial charge on any atom is -0.481 e. The average Bonchev–Trinajstić information content (AvgIpc) is 3.45. The lowest BCUT2D eigenvalue weighted by Gasteiger charge is -2.24. The number of aromatic nitrogens is 2. The van der Waals surface area contributed by atoms with Gasteiger partial charge in [0.15, 0.2) is 5.82 Å². The number of methoxy groups -OCH3 is 2. The van der Waals surface area contributed by atoms with Gasteiger partial charge in [0.2, 0.25) is 11.8 Å². The third-order valence-corrected chi connectivity index (χ3v) is 4.09. The second-order valence-electron chi connectivity index (χ2n) is 6.04. The maximum atomic E-state index is 11.2. The van der Waals surface area contributed by atoms with Gasteiger partial charge in [-0.1, -0.05) is 12.1 Å². The van der Waals surface area contributed by atoms with Crippen molar-refractivity contribution in [2.45, 2.75) is 32.0 Å². The number of amides is 1. The van der Waals surface area contributed by atoms with Crippen molar-refractivity contribution in [1.29, 1.82) is 0 Å². The summed E-state index contributed by atoms with van der Waals surface area (Å²) >= 11 is 0. The zero-order chi connectivity index (χ0) is 17.8. The number of ether oxygens (including phenoxy) is 2. The summed E-state index contributed by atoms with van der Waals surface area (Å²) in [6, 6.07) is 9.63. The molecule has 1 aromatic heterocycles. The molecule has 132 valence electrons. The summed E-state index contributed by atoms with van der Waals surface area (Å²) in [5.41, 5.74) is 6.89. The standard InChI is InChI=1S/C18H22N4O3/c1-24-11-15-20-16(9-17(21-15)25-2)22(14-7-8-14)10-12-3-5-13(6-4-12)18(19)23/h3-6,9,14H,7-8,10-11H2,1-2H3,(H2,19,23). The van der Waals surface area contributed by atoms with Gasteiger partial charge in [0, 0.05) is 31.3 Å². The quantitative estimate of drug-likeness (QED) is 0.788. The number of nitrogens with two attached hydrogens (primary N) is 1. The molecule has 0 saturated heterocycles. The van der Waals surface area contributed by atoms with E-state index in [1.54, 1.807) is 26.4 Å². The predicted molar refractivity (Wildman–Crippen MR) is 93.5 cm³/mol. The second kappa shape index (κ2) is 7.48. The van der Waals surface area contributed by atoms with E-state index in [1.807, 2.05) is 18.2 Å². The predicted octanol–water partition coefficient (Wildman–Crippen LogP) is 1.90. The van der Waals surface area contributed by atoms with Crippen LogP contribution in [0, 0.1) is 0 Å². The number of anilines is 1. The Bertz CT molecular complexity index is 744. The molecule has 2 aromatic rings. The molecule has 7 nitrogen and oxygen atoms in total. The maximum absolute atomic E-state index is 11.2. The van der Waals surface area contributed by atoms with Gasteiger partial charge in [-0.15, -0.1) is 0 Å². The molecule has 2 N–H and O–H groups in total. The molecular formula is C18H22N4O3. The Kier molecular flexibility index (Phi) is 5.14. The fraction of sp³-hybridized carbons (Fsp3) is 0.389. The summed E-state index contributed by atoms with van der Waals surface area (Å²) in [5.74, 6) is 1.51. The number of hydrogen-bond donors (Lipinski definition) is 1. The van der Waals surface area contributed by atoms with Crippen molar-refractivity contribution in [3.05, 3.63) is 47.3 Å². The van der Waals surface area contributed by atoms with Crippen LogP contribution in [-0.4, -0.2) is 36.1 Å². The van der Waals surface area contributed by atoms with Crippen LogP contribution in [0.4, 0.5) is 5.82 Å². The van der Waals surface area contributed by atoms with Crippen LogP contribution >= 0.6 is 0 Å². The Labute approximate surface area is 146 Å². The van der Waals surface area contributed by atoms with Gasteiger partial charge in [-0.05, 0) is 30.5 Å². The molecule has 0 spiro atoms. The van der Waals surface area contributed by atoms with Crippen molar-refractivity contribution in [3.63, 3.8) is 0 Å². The molecule has 1 aliphatic rings. The van der Waals surface area contributed by atoms with Gasteiger partial charge < -0.3 is 20.1 Å². The van der Waals surface area contributed by atoms with Crippen LogP contribution in [-0.2, 0) is 17.9 Å². The Morgan fingerprint density at radius 2 is 1.96 bits per heavy atom. The van der Waals surface area contributed by atoms with Crippen LogP contribution in [0.3, 0.4) is 0 Å². The fourth-order valence-electron chi connectivity index (χ4n) is 2.66. The molecule has 0 unspecified atom stereocenters. The van der Waals surface area contributed by atoms with E-state index in [4.69, 9.17) is 15.2 Å². The molecule has 1 aromatic carbocycles. The Morgan fingerprint density at radius 1 is 1.24 bits per heavy atom. The van der Waals surface area contributed by atoms with Crippen molar-refractivity contribution < 1.29 is 14.3 Å². The van der Waals surface area contributed by atoms with E-state index in [0.717, 1.165) is 24.2 Å². The summed E-state index contributed by atoms with van der Waals surface area (Å²) in [4.78, 5) is 22.4. The topological polar surface area (TPSA) is 90.6 Å². The van der Waals surface area contributed by atoms with Crippen LogP contribution in [0.1, 0.15) is 34.6 Å². The zero-order valence-electron chi connectivity index (χ0n) is 14.4. The third kappa shape index (κ3) is 4.24. The van der Waals surface area contributed by atoms with Crippen molar-refractivity contribution in [1.82, 2.24) is 9.97 Å². The maximum Gasteiger partial charge on any atom is 0.248 e. The molecule has 1 saturated carbocycles. The first-order chi connectivity index (χ1) is 12.1. The summed E-state index contributed by atoms with van der Waals surface area (Å²) < 4.78 is 10.4. The van der Waals surface area contributed by atoms with Crippen LogP contribution in [0.15, 0.2) is 30.3 Å². The summed E-state index contributed by atoms with van der Waals surface area (Å²) in [5, 5.41) is 0. The monoisotopic (exact) mass is 342 g/mol. The van der Waals surface area contributed by atoms with Crippen molar-refractivity contribution in [2.24, 2.45) is 5.73 Å². The molecule has 0 radical (unpaired) electrons. The third-order valence-electron chi connectivity index (χ3n) is 4.09. The molecule has 1 heterocycles. The minimum atomic E-state index is -0.421. The minimum absolute atomic E-state index is 0.329. The molecule has 1 amide bonds. The van der Waals surface area contributed by atoms with Crippen LogP contribution in [0.2, 0.25) is 0 Å². The lowest BCUT2D eigenvalue weighted by molar-refractivity contribution is 0.100. The van der Waals surface area contributed by atoms with Crippen molar-refractivity contribution in [2.75, 3.05) is 19.1 Å². The molecule has 0 atom stereocenters. The largest absolute Gasteiger partial charge is 0.481 e. The molecule has 1 aliphatic carbocycles. The highest BCUT2D eigenvalue weighted by Crippen LogP contribution is 2.33. The van der Waals surface area contributed by atoms with E-state index in [0.29, 0.717) is 36.5 Å². The molecule has 0 aliphatic heterocycles. The van der Waals surface area contributed by atoms with E-state index in [9.17, 15) is 4.79 Å². The number of rotatable bonds is 8. The van der Waals surface area contributed by atoms with E-state index in [-0.39, 0.29) is 0 Å². The molecule has 1 fully saturated rings. The van der Waals surface area contributed by atoms with Gasteiger partial charge in [0.25, 0.3) is 0 Å². The van der Waals surface area contributed by atoms with Gasteiger partial charge >= 0.3 is 0 Å². The SMILES string of the molecule is COCc1nc(OC)cc(N(Cc2ccc(C(N)=O)cc2)C2CC2)n1. The first-order valence-corrected chi connectivity index (χ1v) is 8.17. The number of benzene rings is 1. The van der Waals surface area contributed by atoms with E-state index < -0.39 is 5.91 Å². The number of carbonyl (C=O) groups is 1. The average molecular weight is 342 g/mol. The van der Waals surface area contributed by atoms with Crippen LogP contribution in [0.5, 0.6) is 5.88 Å². The van der Waals surface area contributed by atoms with E-state index in [2.05, 4.69) is 14.9 Å². The highest BCUT2D eigenvalue weighted by atomic mass is 16.5. The Hall–Kier alpha value is -2.67. The second-order valence-corrected chi connectivity index (χ2v) is 6.04. The molecule has 0 bridgehead atoms. The first-order valence-electron chi connectivity index (χ1n) is 8.17. The molecule has 25 heavy (non-hydrogen) atoms. The lowest BCUT2D eigenvalue weighted by atomic mass is 10.1. The first kappa shape index (κ1) is 17.2. The number of carbonyl (C=O) groups excluding carboxylic acids is 1. The molecular weight excluding hydrogens is 320 g/mol. The summed E-state index contributed by atoms with van der Waals surface area (Å²) in [6.07, 6.45) is 2.26. The van der Waals surface area contributed by atoms with Gasteiger partial charge in [-0.25, -0.2) is 4.98 Å². The summed E-state index contributed by atoms with van der Waals surface area (Å²) in [7, 11) is 3.20. The number of primary amides is 1. The van der Waals surface area contributed by atoms with E-state index in [1.165, 1.54) is 0 Å². The highest BCUT2D eigenvalue weighted by Gasteiger charge is 2.30. The molecule has 3 rings (SSSR count). The van der Waals surface area contributed by atoms with Gasteiger partial charge in [0.1, 0.15) is 12.4 Å².